The van der Waals surface area contributed by atoms with Crippen LogP contribution in [0.4, 0.5) is 8.78 Å². The normalized spacial score (nSPS) is 40.5. The summed E-state index contributed by atoms with van der Waals surface area (Å²) in [6.45, 7) is 2.01. The van der Waals surface area contributed by atoms with E-state index in [0.717, 1.165) is 0 Å². The van der Waals surface area contributed by atoms with Crippen LogP contribution in [0.15, 0.2) is 0 Å². The first kappa shape index (κ1) is 11.0. The van der Waals surface area contributed by atoms with Gasteiger partial charge in [0.25, 0.3) is 0 Å². The average molecular weight is 280 g/mol. The molecule has 0 aromatic heterocycles. The van der Waals surface area contributed by atoms with Gasteiger partial charge in [-0.15, -0.1) is 32.6 Å². The highest BCUT2D eigenvalue weighted by Gasteiger charge is 2.33. The Labute approximate surface area is 78.9 Å². The summed E-state index contributed by atoms with van der Waals surface area (Å²) >= 11 is 0. The SMILES string of the molecule is CP[C@@H]1C[C@@H](F)[C@@H](F)C1.I. The Hall–Kier alpha value is 1.02. The standard InChI is InChI=1S/C6H11F2P.HI/c1-9-4-2-5(7)6(8)3-4;/h4-6,9H,2-3H2,1H3;1H/t4-,5-,6+;. The molecule has 0 nitrogen and oxygen atoms in total. The maximum atomic E-state index is 12.4. The molecule has 1 saturated carbocycles. The molecule has 0 N–H and O–H groups in total. The van der Waals surface area contributed by atoms with Crippen molar-refractivity contribution in [2.75, 3.05) is 6.66 Å². The lowest BCUT2D eigenvalue weighted by molar-refractivity contribution is 0.199. The van der Waals surface area contributed by atoms with Crippen LogP contribution in [0.5, 0.6) is 0 Å². The zero-order valence-electron chi connectivity index (χ0n) is 5.81. The molecule has 62 valence electrons. The van der Waals surface area contributed by atoms with Crippen molar-refractivity contribution in [3.8, 4) is 0 Å². The minimum Gasteiger partial charge on any atom is -0.244 e. The topological polar surface area (TPSA) is 0 Å². The molecule has 4 atom stereocenters. The molecule has 1 rings (SSSR count). The fourth-order valence-electron chi connectivity index (χ4n) is 1.17. The van der Waals surface area contributed by atoms with Crippen LogP contribution in [0.2, 0.25) is 0 Å². The Morgan fingerprint density at radius 3 is 1.80 bits per heavy atom. The third-order valence-electron chi connectivity index (χ3n) is 1.82. The van der Waals surface area contributed by atoms with Crippen LogP contribution in [0.1, 0.15) is 12.8 Å². The monoisotopic (exact) mass is 280 g/mol. The van der Waals surface area contributed by atoms with Crippen molar-refractivity contribution < 1.29 is 8.78 Å². The van der Waals surface area contributed by atoms with Crippen molar-refractivity contribution in [1.82, 2.24) is 0 Å². The zero-order chi connectivity index (χ0) is 6.85. The van der Waals surface area contributed by atoms with Crippen molar-refractivity contribution in [3.63, 3.8) is 0 Å². The molecule has 0 aromatic carbocycles. The lowest BCUT2D eigenvalue weighted by Crippen LogP contribution is -2.06. The van der Waals surface area contributed by atoms with E-state index in [2.05, 4.69) is 0 Å². The third kappa shape index (κ3) is 2.57. The second-order valence-corrected chi connectivity index (χ2v) is 3.88. The predicted octanol–water partition coefficient (Wildman–Crippen LogP) is 2.75. The summed E-state index contributed by atoms with van der Waals surface area (Å²) in [6, 6.07) is 0. The van der Waals surface area contributed by atoms with Gasteiger partial charge in [-0.1, -0.05) is 0 Å². The molecule has 0 bridgehead atoms. The summed E-state index contributed by atoms with van der Waals surface area (Å²) in [4.78, 5) is 0. The minimum atomic E-state index is -1.16. The number of alkyl halides is 2. The van der Waals surface area contributed by atoms with Gasteiger partial charge < -0.3 is 0 Å². The van der Waals surface area contributed by atoms with Gasteiger partial charge in [0.15, 0.2) is 0 Å². The molecule has 1 fully saturated rings. The fraction of sp³-hybridized carbons (Fsp3) is 1.00. The van der Waals surface area contributed by atoms with E-state index in [9.17, 15) is 8.78 Å². The molecule has 0 radical (unpaired) electrons. The van der Waals surface area contributed by atoms with Gasteiger partial charge in [0.2, 0.25) is 0 Å². The molecule has 0 aliphatic heterocycles. The van der Waals surface area contributed by atoms with Gasteiger partial charge in [0.1, 0.15) is 12.3 Å². The molecular weight excluding hydrogens is 268 g/mol. The van der Waals surface area contributed by atoms with Gasteiger partial charge in [-0.25, -0.2) is 8.78 Å². The van der Waals surface area contributed by atoms with Crippen molar-refractivity contribution >= 4 is 32.6 Å². The number of hydrogen-bond donors (Lipinski definition) is 0. The highest BCUT2D eigenvalue weighted by Crippen LogP contribution is 2.35. The lowest BCUT2D eigenvalue weighted by atomic mass is 10.3. The van der Waals surface area contributed by atoms with Gasteiger partial charge >= 0.3 is 0 Å². The average Bonchev–Trinajstić information content (AvgIpc) is 2.13. The summed E-state index contributed by atoms with van der Waals surface area (Å²) in [5, 5.41) is 0. The number of rotatable bonds is 1. The van der Waals surface area contributed by atoms with Crippen molar-refractivity contribution in [2.24, 2.45) is 0 Å². The molecule has 1 aliphatic carbocycles. The van der Waals surface area contributed by atoms with Gasteiger partial charge in [-0.2, -0.15) is 0 Å². The van der Waals surface area contributed by atoms with Crippen molar-refractivity contribution in [3.05, 3.63) is 0 Å². The highest BCUT2D eigenvalue weighted by molar-refractivity contribution is 14.0. The fourth-order valence-corrected chi connectivity index (χ4v) is 2.09. The Morgan fingerprint density at radius 2 is 1.60 bits per heavy atom. The first-order valence-electron chi connectivity index (χ1n) is 3.19. The maximum absolute atomic E-state index is 12.4. The van der Waals surface area contributed by atoms with E-state index < -0.39 is 12.3 Å². The van der Waals surface area contributed by atoms with Crippen LogP contribution in [-0.2, 0) is 0 Å². The van der Waals surface area contributed by atoms with Gasteiger partial charge in [0, 0.05) is 0 Å². The van der Waals surface area contributed by atoms with Gasteiger partial charge in [0.05, 0.1) is 0 Å². The molecule has 0 saturated heterocycles. The van der Waals surface area contributed by atoms with E-state index in [0.29, 0.717) is 27.1 Å². The summed E-state index contributed by atoms with van der Waals surface area (Å²) < 4.78 is 24.8. The Morgan fingerprint density at radius 1 is 1.20 bits per heavy atom. The molecule has 0 amide bonds. The second-order valence-electron chi connectivity index (χ2n) is 2.49. The van der Waals surface area contributed by atoms with E-state index in [1.54, 1.807) is 0 Å². The molecule has 4 heteroatoms. The third-order valence-corrected chi connectivity index (χ3v) is 3.11. The molecule has 0 aromatic rings. The molecule has 1 unspecified atom stereocenters. The number of hydrogen-bond acceptors (Lipinski definition) is 0. The first-order valence-corrected chi connectivity index (χ1v) is 4.77. The van der Waals surface area contributed by atoms with Crippen LogP contribution in [0.25, 0.3) is 0 Å². The molecule has 1 aliphatic rings. The van der Waals surface area contributed by atoms with Gasteiger partial charge in [-0.3, -0.25) is 0 Å². The Bertz CT molecular complexity index is 91.7. The Kier molecular flexibility index (Phi) is 5.30. The molecule has 0 spiro atoms. The maximum Gasteiger partial charge on any atom is 0.132 e. The van der Waals surface area contributed by atoms with Crippen LogP contribution in [0, 0.1) is 0 Å². The largest absolute Gasteiger partial charge is 0.244 e. The smallest absolute Gasteiger partial charge is 0.132 e. The Balaban J connectivity index is 0.000000810. The summed E-state index contributed by atoms with van der Waals surface area (Å²) in [5.74, 6) is 0. The van der Waals surface area contributed by atoms with Gasteiger partial charge in [-0.05, 0) is 25.2 Å². The minimum absolute atomic E-state index is 0. The van der Waals surface area contributed by atoms with E-state index in [1.165, 1.54) is 0 Å². The van der Waals surface area contributed by atoms with E-state index in [1.807, 2.05) is 6.66 Å². The lowest BCUT2D eigenvalue weighted by Gasteiger charge is -2.00. The quantitative estimate of drug-likeness (QED) is 0.512. The van der Waals surface area contributed by atoms with Crippen molar-refractivity contribution in [2.45, 2.75) is 30.8 Å². The number of halogens is 3. The predicted molar refractivity (Wildman–Crippen MR) is 52.5 cm³/mol. The van der Waals surface area contributed by atoms with E-state index in [4.69, 9.17) is 0 Å². The van der Waals surface area contributed by atoms with Crippen LogP contribution >= 0.6 is 32.6 Å². The molecular formula is C6H12F2IP. The molecule has 0 heterocycles. The van der Waals surface area contributed by atoms with Crippen molar-refractivity contribution in [1.29, 1.82) is 0 Å². The summed E-state index contributed by atoms with van der Waals surface area (Å²) in [5.41, 5.74) is 0.329. The highest BCUT2D eigenvalue weighted by atomic mass is 127. The zero-order valence-corrected chi connectivity index (χ0v) is 9.14. The first-order chi connectivity index (χ1) is 4.24. The van der Waals surface area contributed by atoms with Crippen LogP contribution < -0.4 is 0 Å². The second kappa shape index (κ2) is 4.81. The van der Waals surface area contributed by atoms with E-state index in [-0.39, 0.29) is 24.0 Å². The summed E-state index contributed by atoms with van der Waals surface area (Å²) in [6.07, 6.45) is -1.42. The summed E-state index contributed by atoms with van der Waals surface area (Å²) in [7, 11) is 0.703. The van der Waals surface area contributed by atoms with E-state index >= 15 is 0 Å². The van der Waals surface area contributed by atoms with Crippen LogP contribution in [0.3, 0.4) is 0 Å². The van der Waals surface area contributed by atoms with Crippen LogP contribution in [-0.4, -0.2) is 24.7 Å². The molecule has 10 heavy (non-hydrogen) atoms.